The van der Waals surface area contributed by atoms with Gasteiger partial charge in [0.2, 0.25) is 5.43 Å². The predicted molar refractivity (Wildman–Crippen MR) is 89.7 cm³/mol. The molecule has 1 aromatic heterocycles. The fourth-order valence-electron chi connectivity index (χ4n) is 3.28. The Morgan fingerprint density at radius 1 is 1.17 bits per heavy atom. The normalized spacial score (nSPS) is 17.1. The van der Waals surface area contributed by atoms with Crippen molar-refractivity contribution in [3.05, 3.63) is 63.2 Å². The molecule has 5 heteroatoms. The molecule has 3 rings (SSSR count). The third kappa shape index (κ3) is 3.59. The molecule has 122 valence electrons. The molecule has 1 saturated carbocycles. The zero-order chi connectivity index (χ0) is 16.3. The Hall–Kier alpha value is -1.78. The van der Waals surface area contributed by atoms with E-state index in [-0.39, 0.29) is 11.3 Å². The highest BCUT2D eigenvalue weighted by Crippen LogP contribution is 2.37. The molecule has 2 aromatic rings. The van der Waals surface area contributed by atoms with Crippen LogP contribution in [-0.4, -0.2) is 5.11 Å². The van der Waals surface area contributed by atoms with Crippen LogP contribution in [0.5, 0.6) is 5.75 Å². The summed E-state index contributed by atoms with van der Waals surface area (Å²) in [5, 5.41) is 13.6. The van der Waals surface area contributed by atoms with Gasteiger partial charge in [-0.25, -0.2) is 0 Å². The summed E-state index contributed by atoms with van der Waals surface area (Å²) in [4.78, 5) is 11.5. The Labute approximate surface area is 140 Å². The van der Waals surface area contributed by atoms with E-state index in [1.54, 1.807) is 0 Å². The van der Waals surface area contributed by atoms with Gasteiger partial charge in [0.25, 0.3) is 0 Å². The molecule has 1 fully saturated rings. The monoisotopic (exact) mass is 333 g/mol. The second-order valence-corrected chi connectivity index (χ2v) is 6.54. The van der Waals surface area contributed by atoms with Crippen molar-refractivity contribution in [1.29, 1.82) is 0 Å². The Bertz CT molecular complexity index is 718. The second-order valence-electron chi connectivity index (χ2n) is 6.10. The third-order valence-corrected chi connectivity index (χ3v) is 4.82. The maximum atomic E-state index is 11.5. The van der Waals surface area contributed by atoms with E-state index in [2.05, 4.69) is 17.4 Å². The summed E-state index contributed by atoms with van der Waals surface area (Å²) in [6.45, 7) is 0.443. The summed E-state index contributed by atoms with van der Waals surface area (Å²) in [5.41, 5.74) is 0.666. The number of nitrogens with one attached hydrogen (secondary N) is 1. The van der Waals surface area contributed by atoms with Crippen molar-refractivity contribution in [3.63, 3.8) is 0 Å². The molecule has 1 aromatic carbocycles. The van der Waals surface area contributed by atoms with Gasteiger partial charge in [0, 0.05) is 16.6 Å². The molecule has 0 saturated heterocycles. The Kier molecular flexibility index (Phi) is 4.74. The highest BCUT2D eigenvalue weighted by Gasteiger charge is 2.33. The Balaban J connectivity index is 1.83. The first-order chi connectivity index (χ1) is 11.1. The van der Waals surface area contributed by atoms with Crippen LogP contribution >= 0.6 is 11.6 Å². The Morgan fingerprint density at radius 3 is 2.52 bits per heavy atom. The molecule has 2 N–H and O–H groups in total. The van der Waals surface area contributed by atoms with E-state index in [0.717, 1.165) is 37.0 Å². The van der Waals surface area contributed by atoms with Gasteiger partial charge in [-0.05, 0) is 30.5 Å². The number of rotatable bonds is 4. The quantitative estimate of drug-likeness (QED) is 0.889. The first-order valence-electron chi connectivity index (χ1n) is 7.91. The molecule has 0 aliphatic heterocycles. The molecular formula is C18H20ClNO3. The van der Waals surface area contributed by atoms with Crippen LogP contribution < -0.4 is 10.7 Å². The van der Waals surface area contributed by atoms with Crippen molar-refractivity contribution in [2.75, 3.05) is 0 Å². The lowest BCUT2D eigenvalue weighted by atomic mass is 9.76. The van der Waals surface area contributed by atoms with Crippen LogP contribution in [0, 0.1) is 0 Å². The number of aromatic hydroxyl groups is 1. The van der Waals surface area contributed by atoms with Crippen molar-refractivity contribution >= 4 is 11.6 Å². The minimum Gasteiger partial charge on any atom is -0.502 e. The lowest BCUT2D eigenvalue weighted by molar-refractivity contribution is 0.223. The Morgan fingerprint density at radius 2 is 1.87 bits per heavy atom. The molecule has 23 heavy (non-hydrogen) atoms. The molecule has 0 unspecified atom stereocenters. The van der Waals surface area contributed by atoms with Gasteiger partial charge >= 0.3 is 0 Å². The van der Waals surface area contributed by atoms with Crippen molar-refractivity contribution < 1.29 is 9.52 Å². The van der Waals surface area contributed by atoms with Crippen LogP contribution in [0.1, 0.15) is 43.4 Å². The number of halogens is 1. The summed E-state index contributed by atoms with van der Waals surface area (Å²) in [5.74, 6) is 0.158. The van der Waals surface area contributed by atoms with Crippen LogP contribution in [0.4, 0.5) is 0 Å². The van der Waals surface area contributed by atoms with E-state index in [9.17, 15) is 9.90 Å². The van der Waals surface area contributed by atoms with Gasteiger partial charge in [0.05, 0.1) is 6.54 Å². The van der Waals surface area contributed by atoms with Crippen LogP contribution in [0.15, 0.2) is 45.8 Å². The highest BCUT2D eigenvalue weighted by molar-refractivity contribution is 6.30. The van der Waals surface area contributed by atoms with Gasteiger partial charge in [-0.15, -0.1) is 0 Å². The van der Waals surface area contributed by atoms with Crippen LogP contribution in [0.2, 0.25) is 5.02 Å². The summed E-state index contributed by atoms with van der Waals surface area (Å²) >= 11 is 6.01. The highest BCUT2D eigenvalue weighted by atomic mass is 35.5. The molecule has 0 radical (unpaired) electrons. The minimum atomic E-state index is -0.419. The average Bonchev–Trinajstić information content (AvgIpc) is 2.57. The van der Waals surface area contributed by atoms with E-state index in [4.69, 9.17) is 16.0 Å². The van der Waals surface area contributed by atoms with Gasteiger partial charge in [0.1, 0.15) is 12.0 Å². The number of benzene rings is 1. The maximum absolute atomic E-state index is 11.5. The van der Waals surface area contributed by atoms with Gasteiger partial charge < -0.3 is 14.8 Å². The molecule has 1 heterocycles. The summed E-state index contributed by atoms with van der Waals surface area (Å²) in [7, 11) is 0. The third-order valence-electron chi connectivity index (χ3n) is 4.57. The molecule has 4 nitrogen and oxygen atoms in total. The lowest BCUT2D eigenvalue weighted by Crippen LogP contribution is -2.43. The lowest BCUT2D eigenvalue weighted by Gasteiger charge is -2.39. The van der Waals surface area contributed by atoms with E-state index >= 15 is 0 Å². The first kappa shape index (κ1) is 16.1. The molecule has 0 spiro atoms. The van der Waals surface area contributed by atoms with E-state index in [1.165, 1.54) is 18.1 Å². The van der Waals surface area contributed by atoms with Crippen molar-refractivity contribution in [1.82, 2.24) is 5.32 Å². The number of hydrogen-bond donors (Lipinski definition) is 2. The molecule has 1 aliphatic rings. The second kappa shape index (κ2) is 6.77. The standard InChI is InChI=1S/C18H20ClNO3/c19-14-6-4-13(5-7-14)18(8-2-1-3-9-18)20-11-15-10-16(21)17(22)12-23-15/h4-7,10,12,20,22H,1-3,8-9,11H2. The average molecular weight is 334 g/mol. The minimum absolute atomic E-state index is 0.126. The van der Waals surface area contributed by atoms with Crippen LogP contribution in [-0.2, 0) is 12.1 Å². The van der Waals surface area contributed by atoms with Crippen molar-refractivity contribution in [2.24, 2.45) is 0 Å². The molecule has 0 bridgehead atoms. The van der Waals surface area contributed by atoms with Crippen LogP contribution in [0.25, 0.3) is 0 Å². The van der Waals surface area contributed by atoms with Crippen molar-refractivity contribution in [3.8, 4) is 5.75 Å². The van der Waals surface area contributed by atoms with Crippen molar-refractivity contribution in [2.45, 2.75) is 44.2 Å². The molecular weight excluding hydrogens is 314 g/mol. The van der Waals surface area contributed by atoms with E-state index in [0.29, 0.717) is 12.3 Å². The smallest absolute Gasteiger partial charge is 0.226 e. The molecule has 0 atom stereocenters. The molecule has 0 amide bonds. The topological polar surface area (TPSA) is 62.5 Å². The van der Waals surface area contributed by atoms with Gasteiger partial charge in [-0.1, -0.05) is 43.0 Å². The predicted octanol–water partition coefficient (Wildman–Crippen LogP) is 3.95. The summed E-state index contributed by atoms with van der Waals surface area (Å²) < 4.78 is 5.30. The fourth-order valence-corrected chi connectivity index (χ4v) is 3.41. The maximum Gasteiger partial charge on any atom is 0.226 e. The zero-order valence-electron chi connectivity index (χ0n) is 12.8. The van der Waals surface area contributed by atoms with Gasteiger partial charge in [-0.2, -0.15) is 0 Å². The fraction of sp³-hybridized carbons (Fsp3) is 0.389. The van der Waals surface area contributed by atoms with Gasteiger partial charge in [0.15, 0.2) is 5.75 Å². The SMILES string of the molecule is O=c1cc(CNC2(c3ccc(Cl)cc3)CCCCC2)occ1O. The van der Waals surface area contributed by atoms with E-state index in [1.807, 2.05) is 12.1 Å². The molecule has 1 aliphatic carbocycles. The largest absolute Gasteiger partial charge is 0.502 e. The van der Waals surface area contributed by atoms with Gasteiger partial charge in [-0.3, -0.25) is 4.79 Å². The summed E-state index contributed by atoms with van der Waals surface area (Å²) in [6.07, 6.45) is 6.73. The zero-order valence-corrected chi connectivity index (χ0v) is 13.6. The van der Waals surface area contributed by atoms with E-state index < -0.39 is 5.43 Å². The summed E-state index contributed by atoms with van der Waals surface area (Å²) in [6, 6.07) is 9.28. The number of hydrogen-bond acceptors (Lipinski definition) is 4. The first-order valence-corrected chi connectivity index (χ1v) is 8.29. The van der Waals surface area contributed by atoms with Crippen LogP contribution in [0.3, 0.4) is 0 Å².